The summed E-state index contributed by atoms with van der Waals surface area (Å²) in [4.78, 5) is 27.6. The predicted octanol–water partition coefficient (Wildman–Crippen LogP) is 4.39. The molecule has 0 radical (unpaired) electrons. The number of anilines is 3. The van der Waals surface area contributed by atoms with Crippen LogP contribution in [0.25, 0.3) is 11.3 Å². The Bertz CT molecular complexity index is 1500. The second-order valence-electron chi connectivity index (χ2n) is 12.1. The van der Waals surface area contributed by atoms with E-state index in [9.17, 15) is 4.79 Å². The maximum atomic E-state index is 13.7. The number of guanidine groups is 1. The highest BCUT2D eigenvalue weighted by Gasteiger charge is 2.36. The average molecular weight is 555 g/mol. The zero-order chi connectivity index (χ0) is 28.1. The van der Waals surface area contributed by atoms with Crippen LogP contribution in [0.5, 0.6) is 5.88 Å². The number of benzene rings is 1. The number of hydrogen-bond acceptors (Lipinski definition) is 8. The van der Waals surface area contributed by atoms with Gasteiger partial charge in [-0.25, -0.2) is 4.68 Å². The van der Waals surface area contributed by atoms with Gasteiger partial charge in [0.05, 0.1) is 35.4 Å². The van der Waals surface area contributed by atoms with Crippen LogP contribution < -0.4 is 20.3 Å². The molecule has 3 aromatic rings. The minimum absolute atomic E-state index is 0.297. The summed E-state index contributed by atoms with van der Waals surface area (Å²) in [6.07, 6.45) is 6.26. The van der Waals surface area contributed by atoms with Crippen molar-refractivity contribution in [3.05, 3.63) is 47.8 Å². The smallest absolute Gasteiger partial charge is 0.280 e. The Balaban J connectivity index is 1.23. The third-order valence-electron chi connectivity index (χ3n) is 8.76. The number of aliphatic imine (C=N–C) groups is 1. The van der Waals surface area contributed by atoms with Crippen molar-refractivity contribution >= 4 is 28.9 Å². The maximum absolute atomic E-state index is 13.7. The van der Waals surface area contributed by atoms with Gasteiger partial charge < -0.3 is 25.2 Å². The van der Waals surface area contributed by atoms with Crippen molar-refractivity contribution in [1.29, 1.82) is 0 Å². The highest BCUT2D eigenvalue weighted by atomic mass is 16.5. The van der Waals surface area contributed by atoms with Crippen LogP contribution in [0, 0.1) is 24.7 Å². The predicted molar refractivity (Wildman–Crippen MR) is 161 cm³/mol. The van der Waals surface area contributed by atoms with Gasteiger partial charge in [-0.15, -0.1) is 0 Å². The van der Waals surface area contributed by atoms with Gasteiger partial charge in [0.2, 0.25) is 11.8 Å². The van der Waals surface area contributed by atoms with Crippen LogP contribution in [0.15, 0.2) is 41.5 Å². The molecule has 10 nitrogen and oxygen atoms in total. The molecule has 2 N–H and O–H groups in total. The number of aromatic nitrogens is 3. The summed E-state index contributed by atoms with van der Waals surface area (Å²) in [6, 6.07) is 10.0. The Hall–Kier alpha value is -3.92. The van der Waals surface area contributed by atoms with Crippen molar-refractivity contribution in [3.8, 4) is 17.1 Å². The molecule has 214 valence electrons. The van der Waals surface area contributed by atoms with E-state index in [2.05, 4.69) is 55.8 Å². The lowest BCUT2D eigenvalue weighted by molar-refractivity contribution is 0.100. The van der Waals surface area contributed by atoms with Crippen LogP contribution in [0.2, 0.25) is 0 Å². The fraction of sp³-hybridized carbons (Fsp3) is 0.484. The van der Waals surface area contributed by atoms with E-state index in [4.69, 9.17) is 9.72 Å². The zero-order valence-electron chi connectivity index (χ0n) is 24.1. The van der Waals surface area contributed by atoms with E-state index in [1.54, 1.807) is 23.0 Å². The minimum atomic E-state index is -0.297. The summed E-state index contributed by atoms with van der Waals surface area (Å²) in [7, 11) is 4.03. The number of fused-ring (bicyclic) bond motifs is 7. The van der Waals surface area contributed by atoms with E-state index in [1.165, 1.54) is 12.8 Å². The van der Waals surface area contributed by atoms with Crippen LogP contribution >= 0.6 is 0 Å². The van der Waals surface area contributed by atoms with E-state index in [0.717, 1.165) is 67.3 Å². The van der Waals surface area contributed by atoms with Crippen LogP contribution in [0.3, 0.4) is 0 Å². The van der Waals surface area contributed by atoms with Crippen LogP contribution in [0.1, 0.15) is 41.7 Å². The number of amides is 1. The van der Waals surface area contributed by atoms with Crippen LogP contribution in [-0.4, -0.2) is 71.4 Å². The molecule has 5 heterocycles. The number of aryl methyl sites for hydroxylation is 2. The summed E-state index contributed by atoms with van der Waals surface area (Å²) >= 11 is 0. The molecule has 1 saturated heterocycles. The zero-order valence-corrected chi connectivity index (χ0v) is 24.1. The Morgan fingerprint density at radius 3 is 2.73 bits per heavy atom. The average Bonchev–Trinajstić information content (AvgIpc) is 3.64. The molecule has 41 heavy (non-hydrogen) atoms. The van der Waals surface area contributed by atoms with Gasteiger partial charge in [0.25, 0.3) is 5.91 Å². The molecule has 2 fully saturated rings. The first-order valence-electron chi connectivity index (χ1n) is 14.8. The highest BCUT2D eigenvalue weighted by Crippen LogP contribution is 2.43. The number of ether oxygens (including phenoxy) is 1. The van der Waals surface area contributed by atoms with Gasteiger partial charge >= 0.3 is 0 Å². The van der Waals surface area contributed by atoms with Gasteiger partial charge in [0.15, 0.2) is 0 Å². The van der Waals surface area contributed by atoms with Crippen molar-refractivity contribution in [2.45, 2.75) is 32.6 Å². The number of likely N-dealkylation sites (tertiary alicyclic amines) is 1. The third kappa shape index (κ3) is 5.28. The lowest BCUT2D eigenvalue weighted by atomic mass is 9.97. The van der Waals surface area contributed by atoms with Crippen molar-refractivity contribution in [3.63, 3.8) is 0 Å². The molecule has 0 spiro atoms. The molecule has 2 aromatic heterocycles. The summed E-state index contributed by atoms with van der Waals surface area (Å²) in [6.45, 7) is 6.54. The molecule has 0 unspecified atom stereocenters. The van der Waals surface area contributed by atoms with Crippen molar-refractivity contribution in [2.24, 2.45) is 29.8 Å². The molecule has 1 aromatic carbocycles. The highest BCUT2D eigenvalue weighted by molar-refractivity contribution is 6.19. The molecule has 10 heteroatoms. The van der Waals surface area contributed by atoms with Gasteiger partial charge in [-0.1, -0.05) is 0 Å². The number of nitrogens with zero attached hydrogens (tertiary/aromatic N) is 6. The second-order valence-corrected chi connectivity index (χ2v) is 12.1. The number of pyridine rings is 1. The molecule has 7 rings (SSSR count). The topological polar surface area (TPSA) is 99.9 Å². The van der Waals surface area contributed by atoms with Gasteiger partial charge in [-0.2, -0.15) is 10.1 Å². The molecule has 1 amide bonds. The maximum Gasteiger partial charge on any atom is 0.280 e. The van der Waals surface area contributed by atoms with Crippen molar-refractivity contribution in [2.75, 3.05) is 55.4 Å². The number of carbonyl (C=O) groups excluding carboxylic acids is 1. The summed E-state index contributed by atoms with van der Waals surface area (Å²) in [5.41, 5.74) is 5.82. The normalized spacial score (nSPS) is 22.6. The first-order chi connectivity index (χ1) is 19.9. The van der Waals surface area contributed by atoms with Crippen molar-refractivity contribution in [1.82, 2.24) is 19.7 Å². The number of rotatable bonds is 4. The van der Waals surface area contributed by atoms with Gasteiger partial charge in [0, 0.05) is 56.1 Å². The Morgan fingerprint density at radius 2 is 1.93 bits per heavy atom. The van der Waals surface area contributed by atoms with E-state index in [1.807, 2.05) is 14.0 Å². The van der Waals surface area contributed by atoms with Crippen LogP contribution in [-0.2, 0) is 7.05 Å². The van der Waals surface area contributed by atoms with E-state index in [0.29, 0.717) is 47.5 Å². The van der Waals surface area contributed by atoms with Gasteiger partial charge in [-0.3, -0.25) is 9.78 Å². The molecular weight excluding hydrogens is 516 g/mol. The summed E-state index contributed by atoms with van der Waals surface area (Å²) in [5, 5.41) is 11.5. The molecule has 4 aliphatic rings. The summed E-state index contributed by atoms with van der Waals surface area (Å²) in [5.74, 6) is 2.84. The van der Waals surface area contributed by atoms with E-state index in [-0.39, 0.29) is 5.91 Å². The lowest BCUT2D eigenvalue weighted by Gasteiger charge is -2.36. The van der Waals surface area contributed by atoms with Gasteiger partial charge in [-0.05, 0) is 81.8 Å². The Morgan fingerprint density at radius 1 is 1.07 bits per heavy atom. The summed E-state index contributed by atoms with van der Waals surface area (Å²) < 4.78 is 8.01. The SMILES string of the molecule is Cc1cc2cc(n1)-c1cnn(C)c1OCCC[C@@H](C1CC1)CN1/C(=N/C2=O)Nc2cc(NCC3CN(C)C3)ccc21. The fourth-order valence-corrected chi connectivity index (χ4v) is 6.43. The molecule has 1 aliphatic carbocycles. The monoisotopic (exact) mass is 554 g/mol. The number of nitrogens with one attached hydrogen (secondary N) is 2. The van der Waals surface area contributed by atoms with E-state index < -0.39 is 0 Å². The molecule has 2 bridgehead atoms. The lowest BCUT2D eigenvalue weighted by Crippen LogP contribution is -2.46. The minimum Gasteiger partial charge on any atom is -0.477 e. The third-order valence-corrected chi connectivity index (χ3v) is 8.76. The van der Waals surface area contributed by atoms with Gasteiger partial charge in [0.1, 0.15) is 0 Å². The largest absolute Gasteiger partial charge is 0.477 e. The molecule has 1 saturated carbocycles. The Kier molecular flexibility index (Phi) is 6.65. The molecule has 1 atom stereocenters. The first-order valence-corrected chi connectivity index (χ1v) is 14.8. The van der Waals surface area contributed by atoms with E-state index >= 15 is 0 Å². The molecular formula is C31H38N8O2. The number of carbonyl (C=O) groups is 1. The quantitative estimate of drug-likeness (QED) is 0.490. The molecule has 3 aliphatic heterocycles. The Labute approximate surface area is 240 Å². The van der Waals surface area contributed by atoms with Crippen LogP contribution in [0.4, 0.5) is 17.1 Å². The fourth-order valence-electron chi connectivity index (χ4n) is 6.43. The second kappa shape index (κ2) is 10.5. The van der Waals surface area contributed by atoms with Crippen molar-refractivity contribution < 1.29 is 9.53 Å². The number of hydrogen-bond donors (Lipinski definition) is 2. The first kappa shape index (κ1) is 26.0. The standard InChI is InChI=1S/C31H38N8O2/c1-19-11-23-12-26(34-19)25-15-33-38(3)30(25)41-10-4-5-22(21-6-7-21)18-39-28-9-8-24(32-14-20-16-37(2)17-20)13-27(28)35-31(39)36-29(23)40/h8-9,11-13,15,20-22,32H,4-7,10,14,16-18H2,1-3H3,(H,35,36,40)/t22-/m1/s1.